The lowest BCUT2D eigenvalue weighted by Crippen LogP contribution is -2.31. The molecule has 1 aliphatic heterocycles. The Hall–Kier alpha value is -3.77. The lowest BCUT2D eigenvalue weighted by Gasteiger charge is -2.21. The summed E-state index contributed by atoms with van der Waals surface area (Å²) in [5.74, 6) is 7.36. The molecule has 0 amide bonds. The maximum Gasteiger partial charge on any atom is 0.293 e. The Morgan fingerprint density at radius 1 is 1.09 bits per heavy atom. The van der Waals surface area contributed by atoms with Gasteiger partial charge in [0.1, 0.15) is 17.6 Å². The van der Waals surface area contributed by atoms with Crippen LogP contribution in [0.4, 0.5) is 5.95 Å². The molecule has 0 radical (unpaired) electrons. The zero-order valence-corrected chi connectivity index (χ0v) is 18.9. The van der Waals surface area contributed by atoms with Gasteiger partial charge in [-0.2, -0.15) is 5.10 Å². The van der Waals surface area contributed by atoms with Crippen LogP contribution in [0.1, 0.15) is 24.9 Å². The molecule has 4 aromatic rings. The number of nitrogens with zero attached hydrogens (tertiary/aromatic N) is 7. The van der Waals surface area contributed by atoms with E-state index in [9.17, 15) is 4.79 Å². The van der Waals surface area contributed by atoms with E-state index in [1.807, 2.05) is 35.8 Å². The lowest BCUT2D eigenvalue weighted by atomic mass is 10.2. The Labute approximate surface area is 191 Å². The molecule has 1 N–H and O–H groups in total. The van der Waals surface area contributed by atoms with Crippen molar-refractivity contribution in [2.24, 2.45) is 0 Å². The molecule has 1 aromatic carbocycles. The minimum absolute atomic E-state index is 0.189. The number of rotatable bonds is 4. The van der Waals surface area contributed by atoms with Gasteiger partial charge in [0.25, 0.3) is 5.56 Å². The van der Waals surface area contributed by atoms with Crippen LogP contribution in [-0.2, 0) is 13.1 Å². The third-order valence-electron chi connectivity index (χ3n) is 5.90. The number of aromatic nitrogens is 6. The van der Waals surface area contributed by atoms with E-state index in [1.54, 1.807) is 13.1 Å². The molecular formula is C24H26N8O. The third-order valence-corrected chi connectivity index (χ3v) is 5.90. The minimum Gasteiger partial charge on any atom is -0.341 e. The molecule has 0 saturated carbocycles. The van der Waals surface area contributed by atoms with Gasteiger partial charge in [-0.15, -0.1) is 5.92 Å². The number of fused-ring (bicyclic) bond motifs is 2. The van der Waals surface area contributed by atoms with Crippen LogP contribution in [0.2, 0.25) is 0 Å². The van der Waals surface area contributed by atoms with Crippen molar-refractivity contribution >= 4 is 27.9 Å². The fraction of sp³-hybridized carbons (Fsp3) is 0.375. The van der Waals surface area contributed by atoms with Crippen LogP contribution < -0.4 is 15.8 Å². The molecule has 4 heterocycles. The van der Waals surface area contributed by atoms with Crippen molar-refractivity contribution < 1.29 is 0 Å². The number of benzene rings is 1. The van der Waals surface area contributed by atoms with Gasteiger partial charge in [-0.3, -0.25) is 9.36 Å². The summed E-state index contributed by atoms with van der Waals surface area (Å²) in [6, 6.07) is 7.87. The quantitative estimate of drug-likeness (QED) is 0.481. The van der Waals surface area contributed by atoms with Crippen molar-refractivity contribution in [3.63, 3.8) is 0 Å². The second-order valence-electron chi connectivity index (χ2n) is 8.10. The summed E-state index contributed by atoms with van der Waals surface area (Å²) in [7, 11) is 0. The van der Waals surface area contributed by atoms with Gasteiger partial charge in [0.05, 0.1) is 18.3 Å². The fourth-order valence-electron chi connectivity index (χ4n) is 4.28. The van der Waals surface area contributed by atoms with Crippen molar-refractivity contribution in [1.29, 1.82) is 0 Å². The topological polar surface area (TPSA) is 93.8 Å². The molecule has 9 heteroatoms. The Kier molecular flexibility index (Phi) is 5.75. The van der Waals surface area contributed by atoms with Crippen LogP contribution in [0.25, 0.3) is 21.9 Å². The Balaban J connectivity index is 1.59. The van der Waals surface area contributed by atoms with Crippen molar-refractivity contribution in [3.8, 4) is 11.8 Å². The average molecular weight is 443 g/mol. The summed E-state index contributed by atoms with van der Waals surface area (Å²) in [4.78, 5) is 29.8. The van der Waals surface area contributed by atoms with Gasteiger partial charge in [0.2, 0.25) is 5.95 Å². The first-order valence-corrected chi connectivity index (χ1v) is 11.2. The number of aryl methyl sites for hydroxylation is 1. The summed E-state index contributed by atoms with van der Waals surface area (Å²) < 4.78 is 3.33. The van der Waals surface area contributed by atoms with Crippen molar-refractivity contribution in [3.05, 3.63) is 52.3 Å². The number of hydrogen-bond acceptors (Lipinski definition) is 7. The van der Waals surface area contributed by atoms with Gasteiger partial charge in [-0.05, 0) is 32.9 Å². The minimum atomic E-state index is -0.216. The van der Waals surface area contributed by atoms with E-state index in [2.05, 4.69) is 37.1 Å². The predicted molar refractivity (Wildman–Crippen MR) is 128 cm³/mol. The van der Waals surface area contributed by atoms with E-state index in [4.69, 9.17) is 4.98 Å². The molecule has 9 nitrogen and oxygen atoms in total. The summed E-state index contributed by atoms with van der Waals surface area (Å²) in [6.45, 7) is 7.90. The predicted octanol–water partition coefficient (Wildman–Crippen LogP) is 1.72. The van der Waals surface area contributed by atoms with E-state index in [0.29, 0.717) is 23.4 Å². The van der Waals surface area contributed by atoms with E-state index in [-0.39, 0.29) is 12.1 Å². The first kappa shape index (κ1) is 21.1. The van der Waals surface area contributed by atoms with Gasteiger partial charge in [0, 0.05) is 30.7 Å². The third kappa shape index (κ3) is 4.05. The standard InChI is InChI=1S/C24H26N8O/c1-3-4-13-31-22-20(29-24(31)30-12-7-10-25-11-14-30)15-26-32(23(22)33)16-21-27-17(2)18-8-5-6-9-19(18)28-21/h5-6,8-9,15,25H,7,10-14,16H2,1-2H3. The Morgan fingerprint density at radius 3 is 2.85 bits per heavy atom. The molecule has 0 spiro atoms. The highest BCUT2D eigenvalue weighted by molar-refractivity contribution is 5.80. The molecule has 1 saturated heterocycles. The molecule has 0 aliphatic carbocycles. The van der Waals surface area contributed by atoms with E-state index in [0.717, 1.165) is 55.1 Å². The Bertz CT molecular complexity index is 1430. The average Bonchev–Trinajstić information content (AvgIpc) is 2.99. The number of nitrogens with one attached hydrogen (secondary N) is 1. The Morgan fingerprint density at radius 2 is 1.97 bits per heavy atom. The molecule has 0 atom stereocenters. The number of hydrogen-bond donors (Lipinski definition) is 1. The molecule has 1 fully saturated rings. The highest BCUT2D eigenvalue weighted by atomic mass is 16.1. The number of para-hydroxylation sites is 1. The summed E-state index contributed by atoms with van der Waals surface area (Å²) >= 11 is 0. The molecule has 33 heavy (non-hydrogen) atoms. The van der Waals surface area contributed by atoms with E-state index >= 15 is 0 Å². The van der Waals surface area contributed by atoms with Crippen LogP contribution in [0.5, 0.6) is 0 Å². The first-order valence-electron chi connectivity index (χ1n) is 11.2. The molecule has 0 bridgehead atoms. The van der Waals surface area contributed by atoms with Crippen LogP contribution >= 0.6 is 0 Å². The van der Waals surface area contributed by atoms with Crippen LogP contribution in [0.3, 0.4) is 0 Å². The second kappa shape index (κ2) is 9.00. The number of imidazole rings is 1. The van der Waals surface area contributed by atoms with E-state index < -0.39 is 0 Å². The molecule has 1 aliphatic rings. The van der Waals surface area contributed by atoms with Crippen molar-refractivity contribution in [1.82, 2.24) is 34.6 Å². The molecule has 0 unspecified atom stereocenters. The summed E-state index contributed by atoms with van der Waals surface area (Å²) in [6.07, 6.45) is 2.67. The maximum atomic E-state index is 13.5. The molecule has 168 valence electrons. The molecule has 3 aromatic heterocycles. The summed E-state index contributed by atoms with van der Waals surface area (Å²) in [5.41, 5.74) is 2.61. The number of anilines is 1. The smallest absolute Gasteiger partial charge is 0.293 e. The van der Waals surface area contributed by atoms with E-state index in [1.165, 1.54) is 4.68 Å². The van der Waals surface area contributed by atoms with Gasteiger partial charge in [-0.25, -0.2) is 19.6 Å². The molecular weight excluding hydrogens is 416 g/mol. The monoisotopic (exact) mass is 442 g/mol. The normalized spacial score (nSPS) is 14.3. The van der Waals surface area contributed by atoms with Gasteiger partial charge < -0.3 is 10.2 Å². The second-order valence-corrected chi connectivity index (χ2v) is 8.10. The van der Waals surface area contributed by atoms with Crippen molar-refractivity contribution in [2.45, 2.75) is 33.4 Å². The largest absolute Gasteiger partial charge is 0.341 e. The highest BCUT2D eigenvalue weighted by Gasteiger charge is 2.21. The highest BCUT2D eigenvalue weighted by Crippen LogP contribution is 2.21. The van der Waals surface area contributed by atoms with Crippen LogP contribution in [-0.4, -0.2) is 55.5 Å². The van der Waals surface area contributed by atoms with Crippen molar-refractivity contribution in [2.75, 3.05) is 31.1 Å². The maximum absolute atomic E-state index is 13.5. The van der Waals surface area contributed by atoms with Gasteiger partial charge in [0.15, 0.2) is 5.82 Å². The lowest BCUT2D eigenvalue weighted by molar-refractivity contribution is 0.618. The van der Waals surface area contributed by atoms with Gasteiger partial charge >= 0.3 is 0 Å². The fourth-order valence-corrected chi connectivity index (χ4v) is 4.28. The zero-order valence-electron chi connectivity index (χ0n) is 18.9. The first-order chi connectivity index (χ1) is 16.2. The summed E-state index contributed by atoms with van der Waals surface area (Å²) in [5, 5.41) is 8.81. The zero-order chi connectivity index (χ0) is 22.8. The molecule has 5 rings (SSSR count). The SMILES string of the molecule is CC#CCn1c(N2CCCNCC2)nc2cnn(Cc3nc(C)c4ccccc4n3)c(=O)c21. The van der Waals surface area contributed by atoms with Crippen LogP contribution in [0.15, 0.2) is 35.3 Å². The van der Waals surface area contributed by atoms with Gasteiger partial charge in [-0.1, -0.05) is 24.1 Å². The van der Waals surface area contributed by atoms with Crippen LogP contribution in [0, 0.1) is 18.8 Å².